The Morgan fingerprint density at radius 1 is 1.06 bits per heavy atom. The van der Waals surface area contributed by atoms with Gasteiger partial charge in [0.1, 0.15) is 6.04 Å². The number of amides is 5. The topological polar surface area (TPSA) is 201 Å². The molecule has 14 heteroatoms. The first-order valence-corrected chi connectivity index (χ1v) is 9.81. The van der Waals surface area contributed by atoms with Crippen molar-refractivity contribution in [3.63, 3.8) is 0 Å². The molecule has 0 aliphatic carbocycles. The molecule has 5 amide bonds. The molecule has 0 radical (unpaired) electrons. The van der Waals surface area contributed by atoms with Gasteiger partial charge in [0.05, 0.1) is 18.8 Å². The molecule has 34 heavy (non-hydrogen) atoms. The van der Waals surface area contributed by atoms with Crippen LogP contribution >= 0.6 is 24.0 Å². The number of nitrogens with two attached hydrogens (primary N) is 2. The predicted octanol–water partition coefficient (Wildman–Crippen LogP) is 0.222. The highest BCUT2D eigenvalue weighted by atomic mass is 35.5. The summed E-state index contributed by atoms with van der Waals surface area (Å²) in [6.45, 7) is -1.29. The molecule has 12 nitrogen and oxygen atoms in total. The molecular weight excluding hydrogens is 489 g/mol. The Morgan fingerprint density at radius 3 is 2.32 bits per heavy atom. The first kappa shape index (κ1) is 28.2. The summed E-state index contributed by atoms with van der Waals surface area (Å²) in [5, 5.41) is 18.8. The molecule has 0 bridgehead atoms. The lowest BCUT2D eigenvalue weighted by atomic mass is 10.2. The van der Waals surface area contributed by atoms with E-state index in [4.69, 9.17) is 23.1 Å². The highest BCUT2D eigenvalue weighted by Gasteiger charge is 2.21. The molecule has 2 rings (SSSR count). The minimum absolute atomic E-state index is 0. The number of imide groups is 1. The summed E-state index contributed by atoms with van der Waals surface area (Å²) in [5.74, 6) is -2.48. The number of carbonyl (C=O) groups is 4. The molecule has 0 fully saturated rings. The molecule has 0 aliphatic rings. The van der Waals surface area contributed by atoms with Crippen LogP contribution in [0.3, 0.4) is 0 Å². The summed E-state index contributed by atoms with van der Waals surface area (Å²) >= 11 is 5.83. The van der Waals surface area contributed by atoms with E-state index in [9.17, 15) is 24.3 Å². The number of aliphatic imine (C=N–C) groups is 1. The average Bonchev–Trinajstić information content (AvgIpc) is 2.75. The minimum atomic E-state index is -1.34. The van der Waals surface area contributed by atoms with Crippen molar-refractivity contribution in [3.8, 4) is 0 Å². The van der Waals surface area contributed by atoms with Crippen molar-refractivity contribution in [2.45, 2.75) is 6.04 Å². The van der Waals surface area contributed by atoms with E-state index in [0.717, 1.165) is 0 Å². The van der Waals surface area contributed by atoms with E-state index in [1.807, 2.05) is 0 Å². The summed E-state index contributed by atoms with van der Waals surface area (Å²) in [5.41, 5.74) is 11.5. The summed E-state index contributed by atoms with van der Waals surface area (Å²) in [7, 11) is 0. The molecule has 2 aromatic carbocycles. The minimum Gasteiger partial charge on any atom is -0.394 e. The van der Waals surface area contributed by atoms with Crippen LogP contribution < -0.4 is 32.7 Å². The zero-order valence-electron chi connectivity index (χ0n) is 17.6. The van der Waals surface area contributed by atoms with Gasteiger partial charge in [-0.15, -0.1) is 12.4 Å². The number of nitrogens with zero attached hydrogens (tertiary/aromatic N) is 1. The summed E-state index contributed by atoms with van der Waals surface area (Å²) in [4.78, 5) is 52.1. The first-order valence-electron chi connectivity index (χ1n) is 9.43. The maximum atomic E-state index is 12.2. The Labute approximate surface area is 205 Å². The Morgan fingerprint density at radius 2 is 1.74 bits per heavy atom. The van der Waals surface area contributed by atoms with Crippen molar-refractivity contribution in [2.75, 3.05) is 18.5 Å². The molecule has 0 saturated heterocycles. The van der Waals surface area contributed by atoms with Crippen LogP contribution in [0.25, 0.3) is 0 Å². The number of aliphatic hydroxyl groups is 1. The van der Waals surface area contributed by atoms with E-state index in [0.29, 0.717) is 16.4 Å². The van der Waals surface area contributed by atoms with Gasteiger partial charge in [-0.05, 0) is 42.5 Å². The third-order valence-electron chi connectivity index (χ3n) is 3.95. The maximum Gasteiger partial charge on any atom is 0.319 e. The highest BCUT2D eigenvalue weighted by Crippen LogP contribution is 2.14. The number of aliphatic hydroxyl groups excluding tert-OH is 1. The van der Waals surface area contributed by atoms with E-state index in [1.54, 1.807) is 18.2 Å². The fourth-order valence-electron chi connectivity index (χ4n) is 2.46. The molecule has 1 atom stereocenters. The lowest BCUT2D eigenvalue weighted by molar-refractivity contribution is -0.127. The van der Waals surface area contributed by atoms with Crippen LogP contribution in [0.1, 0.15) is 10.4 Å². The van der Waals surface area contributed by atoms with Gasteiger partial charge < -0.3 is 32.5 Å². The molecule has 9 N–H and O–H groups in total. The van der Waals surface area contributed by atoms with Crippen LogP contribution in [0.2, 0.25) is 5.02 Å². The van der Waals surface area contributed by atoms with E-state index < -0.39 is 42.9 Å². The largest absolute Gasteiger partial charge is 0.394 e. The molecular formula is C20H23Cl2N7O5. The molecule has 182 valence electrons. The number of carbonyl (C=O) groups excluding carboxylic acids is 4. The number of nitrogens with one attached hydrogen (secondary N) is 4. The Bertz CT molecular complexity index is 1060. The van der Waals surface area contributed by atoms with Gasteiger partial charge in [0.25, 0.3) is 5.91 Å². The number of hydrogen-bond acceptors (Lipinski definition) is 6. The van der Waals surface area contributed by atoms with Crippen molar-refractivity contribution in [1.82, 2.24) is 16.0 Å². The number of hydrogen-bond donors (Lipinski definition) is 7. The molecule has 0 spiro atoms. The molecule has 0 unspecified atom stereocenters. The second kappa shape index (κ2) is 13.6. The monoisotopic (exact) mass is 511 g/mol. The van der Waals surface area contributed by atoms with Gasteiger partial charge >= 0.3 is 6.03 Å². The third kappa shape index (κ3) is 9.32. The third-order valence-corrected chi connectivity index (χ3v) is 4.19. The van der Waals surface area contributed by atoms with Crippen molar-refractivity contribution in [2.24, 2.45) is 16.5 Å². The maximum absolute atomic E-state index is 12.2. The normalized spacial score (nSPS) is 10.6. The van der Waals surface area contributed by atoms with Crippen LogP contribution in [0.5, 0.6) is 0 Å². The van der Waals surface area contributed by atoms with Gasteiger partial charge in [0.2, 0.25) is 11.8 Å². The van der Waals surface area contributed by atoms with Gasteiger partial charge in [0, 0.05) is 16.3 Å². The zero-order chi connectivity index (χ0) is 24.4. The lowest BCUT2D eigenvalue weighted by Gasteiger charge is -2.16. The fraction of sp³-hybridized carbons (Fsp3) is 0.150. The van der Waals surface area contributed by atoms with Crippen molar-refractivity contribution in [1.29, 1.82) is 0 Å². The number of rotatable bonds is 8. The zero-order valence-corrected chi connectivity index (χ0v) is 19.2. The van der Waals surface area contributed by atoms with Gasteiger partial charge in [-0.2, -0.15) is 0 Å². The van der Waals surface area contributed by atoms with E-state index in [-0.39, 0.29) is 23.9 Å². The quantitative estimate of drug-likeness (QED) is 0.194. The van der Waals surface area contributed by atoms with Crippen molar-refractivity contribution < 1.29 is 24.3 Å². The average molecular weight is 512 g/mol. The fourth-order valence-corrected chi connectivity index (χ4v) is 2.65. The smallest absolute Gasteiger partial charge is 0.319 e. The second-order valence-electron chi connectivity index (χ2n) is 6.52. The number of benzene rings is 2. The highest BCUT2D eigenvalue weighted by molar-refractivity contribution is 6.30. The number of halogens is 2. The Hall–Kier alpha value is -3.87. The van der Waals surface area contributed by atoms with Crippen LogP contribution in [0, 0.1) is 0 Å². The molecule has 2 aromatic rings. The van der Waals surface area contributed by atoms with Gasteiger partial charge in [0.15, 0.2) is 5.96 Å². The molecule has 0 heterocycles. The standard InChI is InChI=1S/C20H22ClN7O5.ClH/c21-12-2-1-3-14(8-12)26-20(33)27-15(10-29)18(32)24-9-16(30)28-17(31)11-4-6-13(7-5-11)25-19(22)23;/h1-8,15,29H,9-10H2,(H,24,32)(H4,22,23,25)(H2,26,27,33)(H,28,30,31);1H/t15-;/m0./s1. The lowest BCUT2D eigenvalue weighted by Crippen LogP contribution is -2.52. The van der Waals surface area contributed by atoms with Gasteiger partial charge in [-0.3, -0.25) is 19.7 Å². The Kier molecular flexibility index (Phi) is 11.3. The summed E-state index contributed by atoms with van der Waals surface area (Å²) < 4.78 is 0. The number of anilines is 1. The van der Waals surface area contributed by atoms with Crippen LogP contribution in [0.4, 0.5) is 16.2 Å². The van der Waals surface area contributed by atoms with Crippen LogP contribution in [-0.2, 0) is 9.59 Å². The Balaban J connectivity index is 0.00000578. The summed E-state index contributed by atoms with van der Waals surface area (Å²) in [6.07, 6.45) is 0. The van der Waals surface area contributed by atoms with Crippen molar-refractivity contribution in [3.05, 3.63) is 59.1 Å². The first-order chi connectivity index (χ1) is 15.7. The van der Waals surface area contributed by atoms with Crippen LogP contribution in [0.15, 0.2) is 53.5 Å². The summed E-state index contributed by atoms with van der Waals surface area (Å²) in [6, 6.07) is 9.98. The molecule has 0 aliphatic heterocycles. The van der Waals surface area contributed by atoms with Gasteiger partial charge in [-0.25, -0.2) is 9.79 Å². The van der Waals surface area contributed by atoms with Gasteiger partial charge in [-0.1, -0.05) is 17.7 Å². The molecule has 0 saturated carbocycles. The SMILES string of the molecule is Cl.NC(N)=Nc1ccc(C(=O)NC(=O)CNC(=O)[C@H](CO)NC(=O)Nc2cccc(Cl)c2)cc1. The van der Waals surface area contributed by atoms with E-state index in [2.05, 4.69) is 26.3 Å². The van der Waals surface area contributed by atoms with E-state index >= 15 is 0 Å². The van der Waals surface area contributed by atoms with E-state index in [1.165, 1.54) is 30.3 Å². The molecule has 0 aromatic heterocycles. The van der Waals surface area contributed by atoms with Crippen molar-refractivity contribution >= 4 is 65.1 Å². The van der Waals surface area contributed by atoms with Crippen LogP contribution in [-0.4, -0.2) is 54.0 Å². The second-order valence-corrected chi connectivity index (χ2v) is 6.96. The number of urea groups is 1. The number of guanidine groups is 1. The predicted molar refractivity (Wildman–Crippen MR) is 129 cm³/mol.